The van der Waals surface area contributed by atoms with E-state index in [9.17, 15) is 4.79 Å². The van der Waals surface area contributed by atoms with Crippen molar-refractivity contribution < 1.29 is 14.3 Å². The van der Waals surface area contributed by atoms with E-state index in [2.05, 4.69) is 4.74 Å². The Morgan fingerprint density at radius 3 is 2.67 bits per heavy atom. The molecular weight excluding hydrogens is 254 g/mol. The van der Waals surface area contributed by atoms with Crippen molar-refractivity contribution in [2.24, 2.45) is 0 Å². The number of esters is 1. The van der Waals surface area contributed by atoms with Crippen molar-refractivity contribution >= 4 is 17.6 Å². The number of hydrogen-bond acceptors (Lipinski definition) is 3. The van der Waals surface area contributed by atoms with Gasteiger partial charge in [0, 0.05) is 11.2 Å². The lowest BCUT2D eigenvalue weighted by Crippen LogP contribution is -2.13. The van der Waals surface area contributed by atoms with Crippen molar-refractivity contribution in [2.45, 2.75) is 6.73 Å². The summed E-state index contributed by atoms with van der Waals surface area (Å²) in [6.07, 6.45) is 1.75. The molecule has 94 valence electrons. The fourth-order valence-electron chi connectivity index (χ4n) is 1.49. The predicted octanol–water partition coefficient (Wildman–Crippen LogP) is 2.96. The fourth-order valence-corrected chi connectivity index (χ4v) is 1.62. The van der Waals surface area contributed by atoms with Crippen molar-refractivity contribution in [1.29, 1.82) is 0 Å². The zero-order chi connectivity index (χ0) is 13.0. The van der Waals surface area contributed by atoms with Crippen LogP contribution >= 0.6 is 11.6 Å². The van der Waals surface area contributed by atoms with Crippen LogP contribution in [0.15, 0.2) is 42.6 Å². The monoisotopic (exact) mass is 265 g/mol. The molecule has 0 aliphatic rings. The third-order valence-corrected chi connectivity index (χ3v) is 2.66. The first-order valence-corrected chi connectivity index (χ1v) is 5.70. The van der Waals surface area contributed by atoms with Gasteiger partial charge in [-0.1, -0.05) is 11.6 Å². The van der Waals surface area contributed by atoms with Gasteiger partial charge in [-0.15, -0.1) is 0 Å². The maximum atomic E-state index is 11.4. The van der Waals surface area contributed by atoms with Crippen LogP contribution in [-0.4, -0.2) is 17.6 Å². The van der Waals surface area contributed by atoms with Crippen LogP contribution in [-0.2, 0) is 11.5 Å². The molecule has 1 heterocycles. The van der Waals surface area contributed by atoms with Gasteiger partial charge in [-0.3, -0.25) is 0 Å². The second kappa shape index (κ2) is 5.60. The highest BCUT2D eigenvalue weighted by Gasteiger charge is 2.10. The maximum Gasteiger partial charge on any atom is 0.354 e. The van der Waals surface area contributed by atoms with Gasteiger partial charge in [0.25, 0.3) is 0 Å². The Morgan fingerprint density at radius 2 is 2.00 bits per heavy atom. The number of aromatic nitrogens is 1. The van der Waals surface area contributed by atoms with Crippen LogP contribution in [0.3, 0.4) is 0 Å². The zero-order valence-corrected chi connectivity index (χ0v) is 10.6. The predicted molar refractivity (Wildman–Crippen MR) is 67.9 cm³/mol. The van der Waals surface area contributed by atoms with E-state index in [0.717, 1.165) is 0 Å². The Hall–Kier alpha value is -1.94. The van der Waals surface area contributed by atoms with Gasteiger partial charge in [-0.2, -0.15) is 0 Å². The number of methoxy groups -OCH3 is 1. The Morgan fingerprint density at radius 1 is 1.28 bits per heavy atom. The summed E-state index contributed by atoms with van der Waals surface area (Å²) in [6.45, 7) is 0.235. The first kappa shape index (κ1) is 12.5. The van der Waals surface area contributed by atoms with Gasteiger partial charge in [0.15, 0.2) is 6.73 Å². The van der Waals surface area contributed by atoms with Crippen molar-refractivity contribution in [2.75, 3.05) is 7.11 Å². The van der Waals surface area contributed by atoms with Gasteiger partial charge < -0.3 is 14.0 Å². The molecule has 18 heavy (non-hydrogen) atoms. The molecule has 0 atom stereocenters. The van der Waals surface area contributed by atoms with Crippen LogP contribution < -0.4 is 4.74 Å². The van der Waals surface area contributed by atoms with Crippen molar-refractivity contribution in [3.63, 3.8) is 0 Å². The summed E-state index contributed by atoms with van der Waals surface area (Å²) in [4.78, 5) is 11.4. The van der Waals surface area contributed by atoms with Gasteiger partial charge in [0.1, 0.15) is 11.4 Å². The number of ether oxygens (including phenoxy) is 2. The van der Waals surface area contributed by atoms with E-state index in [1.807, 2.05) is 0 Å². The molecular formula is C13H12ClNO3. The van der Waals surface area contributed by atoms with Gasteiger partial charge in [-0.25, -0.2) is 4.79 Å². The Labute approximate surface area is 110 Å². The molecule has 0 aliphatic heterocycles. The maximum absolute atomic E-state index is 11.4. The minimum Gasteiger partial charge on any atom is -0.473 e. The largest absolute Gasteiger partial charge is 0.473 e. The number of hydrogen-bond donors (Lipinski definition) is 0. The number of nitrogens with zero attached hydrogens (tertiary/aromatic N) is 1. The first-order valence-electron chi connectivity index (χ1n) is 5.32. The third kappa shape index (κ3) is 2.84. The number of halogens is 1. The molecule has 0 saturated heterocycles. The van der Waals surface area contributed by atoms with E-state index >= 15 is 0 Å². The Bertz CT molecular complexity index is 533. The molecule has 0 unspecified atom stereocenters. The summed E-state index contributed by atoms with van der Waals surface area (Å²) in [5.74, 6) is 0.295. The molecule has 1 aromatic carbocycles. The van der Waals surface area contributed by atoms with E-state index < -0.39 is 0 Å². The van der Waals surface area contributed by atoms with E-state index in [1.165, 1.54) is 7.11 Å². The standard InChI is InChI=1S/C13H12ClNO3/c1-17-13(16)12-3-2-8-15(12)9-18-11-6-4-10(14)5-7-11/h2-8H,9H2,1H3. The molecule has 0 aliphatic carbocycles. The summed E-state index contributed by atoms with van der Waals surface area (Å²) in [5, 5.41) is 0.651. The minimum absolute atomic E-state index is 0.235. The third-order valence-electron chi connectivity index (χ3n) is 2.41. The summed E-state index contributed by atoms with van der Waals surface area (Å²) < 4.78 is 11.9. The topological polar surface area (TPSA) is 40.5 Å². The van der Waals surface area contributed by atoms with Crippen LogP contribution in [0.4, 0.5) is 0 Å². The molecule has 0 N–H and O–H groups in total. The number of carbonyl (C=O) groups excluding carboxylic acids is 1. The van der Waals surface area contributed by atoms with Crippen LogP contribution in [0.25, 0.3) is 0 Å². The molecule has 0 radical (unpaired) electrons. The molecule has 2 aromatic rings. The molecule has 0 spiro atoms. The summed E-state index contributed by atoms with van der Waals surface area (Å²) in [6, 6.07) is 10.5. The minimum atomic E-state index is -0.389. The highest BCUT2D eigenvalue weighted by Crippen LogP contribution is 2.16. The number of benzene rings is 1. The fraction of sp³-hybridized carbons (Fsp3) is 0.154. The number of carbonyl (C=O) groups is 1. The van der Waals surface area contributed by atoms with E-state index in [1.54, 1.807) is 47.2 Å². The lowest BCUT2D eigenvalue weighted by Gasteiger charge is -2.09. The average Bonchev–Trinajstić information content (AvgIpc) is 2.85. The molecule has 0 saturated carbocycles. The Kier molecular flexibility index (Phi) is 3.89. The van der Waals surface area contributed by atoms with Crippen LogP contribution in [0, 0.1) is 0 Å². The summed E-state index contributed by atoms with van der Waals surface area (Å²) in [5.41, 5.74) is 0.450. The van der Waals surface area contributed by atoms with Gasteiger partial charge >= 0.3 is 5.97 Å². The molecule has 1 aromatic heterocycles. The highest BCUT2D eigenvalue weighted by atomic mass is 35.5. The van der Waals surface area contributed by atoms with E-state index in [4.69, 9.17) is 16.3 Å². The van der Waals surface area contributed by atoms with Crippen molar-refractivity contribution in [3.8, 4) is 5.75 Å². The van der Waals surface area contributed by atoms with Crippen molar-refractivity contribution in [3.05, 3.63) is 53.3 Å². The SMILES string of the molecule is COC(=O)c1cccn1COc1ccc(Cl)cc1. The quantitative estimate of drug-likeness (QED) is 0.798. The Balaban J connectivity index is 2.04. The lowest BCUT2D eigenvalue weighted by atomic mass is 10.3. The summed E-state index contributed by atoms with van der Waals surface area (Å²) in [7, 11) is 1.35. The van der Waals surface area contributed by atoms with E-state index in [-0.39, 0.29) is 12.7 Å². The second-order valence-corrected chi connectivity index (χ2v) is 4.02. The van der Waals surface area contributed by atoms with Crippen molar-refractivity contribution in [1.82, 2.24) is 4.57 Å². The molecule has 0 fully saturated rings. The molecule has 5 heteroatoms. The highest BCUT2D eigenvalue weighted by molar-refractivity contribution is 6.30. The average molecular weight is 266 g/mol. The van der Waals surface area contributed by atoms with Gasteiger partial charge in [0.2, 0.25) is 0 Å². The smallest absolute Gasteiger partial charge is 0.354 e. The molecule has 4 nitrogen and oxygen atoms in total. The van der Waals surface area contributed by atoms with Gasteiger partial charge in [0.05, 0.1) is 7.11 Å². The first-order chi connectivity index (χ1) is 8.70. The zero-order valence-electron chi connectivity index (χ0n) is 9.80. The van der Waals surface area contributed by atoms with Gasteiger partial charge in [-0.05, 0) is 36.4 Å². The summed E-state index contributed by atoms with van der Waals surface area (Å²) >= 11 is 5.78. The molecule has 0 amide bonds. The normalized spacial score (nSPS) is 10.1. The second-order valence-electron chi connectivity index (χ2n) is 3.58. The molecule has 2 rings (SSSR count). The van der Waals surface area contributed by atoms with Crippen LogP contribution in [0.5, 0.6) is 5.75 Å². The lowest BCUT2D eigenvalue weighted by molar-refractivity contribution is 0.0580. The van der Waals surface area contributed by atoms with E-state index in [0.29, 0.717) is 16.5 Å². The molecule has 0 bridgehead atoms. The van der Waals surface area contributed by atoms with Crippen LogP contribution in [0.1, 0.15) is 10.5 Å². The van der Waals surface area contributed by atoms with Crippen LogP contribution in [0.2, 0.25) is 5.02 Å². The number of rotatable bonds is 4.